The van der Waals surface area contributed by atoms with E-state index in [-0.39, 0.29) is 41.2 Å². The van der Waals surface area contributed by atoms with Crippen LogP contribution in [0.2, 0.25) is 0 Å². The third-order valence-corrected chi connectivity index (χ3v) is 8.17. The Bertz CT molecular complexity index is 1090. The number of hydrogen-bond donors (Lipinski definition) is 1. The van der Waals surface area contributed by atoms with E-state index in [4.69, 9.17) is 4.74 Å². The summed E-state index contributed by atoms with van der Waals surface area (Å²) in [6.45, 7) is 7.81. The van der Waals surface area contributed by atoms with Crippen LogP contribution >= 0.6 is 0 Å². The number of imide groups is 1. The maximum atomic E-state index is 13.6. The van der Waals surface area contributed by atoms with Crippen molar-refractivity contribution in [3.8, 4) is 0 Å². The Labute approximate surface area is 218 Å². The Morgan fingerprint density at radius 1 is 1.11 bits per heavy atom. The Hall–Kier alpha value is -2.94. The van der Waals surface area contributed by atoms with Gasteiger partial charge in [0, 0.05) is 51.8 Å². The first kappa shape index (κ1) is 25.7. The lowest BCUT2D eigenvalue weighted by atomic mass is 9.93. The lowest BCUT2D eigenvalue weighted by Gasteiger charge is -2.39. The number of piperidine rings is 1. The second-order valence-electron chi connectivity index (χ2n) is 11.3. The smallest absolute Gasteiger partial charge is 0.263 e. The van der Waals surface area contributed by atoms with Crippen LogP contribution in [0.15, 0.2) is 18.2 Å². The minimum atomic E-state index is -0.376. The largest absolute Gasteiger partial charge is 0.375 e. The molecule has 9 heteroatoms. The van der Waals surface area contributed by atoms with Gasteiger partial charge in [-0.05, 0) is 64.5 Å². The first-order chi connectivity index (χ1) is 17.7. The van der Waals surface area contributed by atoms with Crippen LogP contribution in [-0.4, -0.2) is 84.4 Å². The highest BCUT2D eigenvalue weighted by atomic mass is 16.5. The van der Waals surface area contributed by atoms with E-state index in [0.29, 0.717) is 56.6 Å². The normalized spacial score (nSPS) is 25.6. The van der Waals surface area contributed by atoms with Gasteiger partial charge in [0.1, 0.15) is 0 Å². The molecule has 4 aliphatic rings. The molecule has 3 saturated heterocycles. The number of nitrogens with one attached hydrogen (secondary N) is 1. The quantitative estimate of drug-likeness (QED) is 0.447. The third-order valence-electron chi connectivity index (χ3n) is 8.17. The number of rotatable bonds is 7. The van der Waals surface area contributed by atoms with E-state index in [0.717, 1.165) is 44.5 Å². The highest BCUT2D eigenvalue weighted by Crippen LogP contribution is 2.38. The lowest BCUT2D eigenvalue weighted by Crippen LogP contribution is -2.48. The molecule has 0 bridgehead atoms. The summed E-state index contributed by atoms with van der Waals surface area (Å²) in [5.74, 6) is -0.429. The molecule has 2 unspecified atom stereocenters. The van der Waals surface area contributed by atoms with Gasteiger partial charge < -0.3 is 19.9 Å². The minimum absolute atomic E-state index is 0.0125. The number of carbonyl (C=O) groups excluding carboxylic acids is 4. The van der Waals surface area contributed by atoms with Crippen molar-refractivity contribution in [3.63, 3.8) is 0 Å². The molecule has 4 amide bonds. The van der Waals surface area contributed by atoms with E-state index in [1.807, 2.05) is 30.9 Å². The Kier molecular flexibility index (Phi) is 7.25. The number of nitrogens with zero attached hydrogens (tertiary/aromatic N) is 3. The molecule has 0 saturated carbocycles. The zero-order valence-electron chi connectivity index (χ0n) is 22.0. The number of anilines is 1. The SMILES string of the molecule is CC1(C)CC(N2C(=O)c3cccc(N4CCCC(C(=O)NCCCN5CCCC5=O)C4)c3C2=O)CCO1. The summed E-state index contributed by atoms with van der Waals surface area (Å²) < 4.78 is 5.81. The molecule has 0 radical (unpaired) electrons. The number of likely N-dealkylation sites (tertiary alicyclic amines) is 1. The number of fused-ring (bicyclic) bond motifs is 1. The van der Waals surface area contributed by atoms with Gasteiger partial charge in [0.15, 0.2) is 0 Å². The third kappa shape index (κ3) is 5.23. The Morgan fingerprint density at radius 3 is 2.70 bits per heavy atom. The fraction of sp³-hybridized carbons (Fsp3) is 0.643. The van der Waals surface area contributed by atoms with Crippen LogP contribution in [0, 0.1) is 5.92 Å². The molecular formula is C28H38N4O5. The molecule has 9 nitrogen and oxygen atoms in total. The monoisotopic (exact) mass is 510 g/mol. The second-order valence-corrected chi connectivity index (χ2v) is 11.3. The number of ether oxygens (including phenoxy) is 1. The zero-order valence-corrected chi connectivity index (χ0v) is 22.0. The summed E-state index contributed by atoms with van der Waals surface area (Å²) in [7, 11) is 0. The van der Waals surface area contributed by atoms with Crippen LogP contribution in [0.3, 0.4) is 0 Å². The van der Waals surface area contributed by atoms with Crippen molar-refractivity contribution in [1.82, 2.24) is 15.1 Å². The fourth-order valence-corrected chi connectivity index (χ4v) is 6.28. The van der Waals surface area contributed by atoms with Crippen LogP contribution < -0.4 is 10.2 Å². The van der Waals surface area contributed by atoms with Crippen LogP contribution in [0.4, 0.5) is 5.69 Å². The number of carbonyl (C=O) groups is 4. The highest BCUT2D eigenvalue weighted by Gasteiger charge is 2.45. The van der Waals surface area contributed by atoms with Gasteiger partial charge in [0.2, 0.25) is 11.8 Å². The Morgan fingerprint density at radius 2 is 1.95 bits per heavy atom. The molecule has 0 spiro atoms. The first-order valence-electron chi connectivity index (χ1n) is 13.7. The molecule has 0 aliphatic carbocycles. The van der Waals surface area contributed by atoms with Gasteiger partial charge >= 0.3 is 0 Å². The van der Waals surface area contributed by atoms with Crippen LogP contribution in [0.5, 0.6) is 0 Å². The maximum Gasteiger partial charge on any atom is 0.263 e. The van der Waals surface area contributed by atoms with Gasteiger partial charge in [-0.25, -0.2) is 0 Å². The minimum Gasteiger partial charge on any atom is -0.375 e. The van der Waals surface area contributed by atoms with E-state index >= 15 is 0 Å². The van der Waals surface area contributed by atoms with Gasteiger partial charge in [0.25, 0.3) is 11.8 Å². The molecule has 1 aromatic rings. The number of amides is 4. The van der Waals surface area contributed by atoms with Crippen LogP contribution in [0.25, 0.3) is 0 Å². The van der Waals surface area contributed by atoms with Gasteiger partial charge in [-0.1, -0.05) is 6.07 Å². The predicted octanol–water partition coefficient (Wildman–Crippen LogP) is 2.59. The van der Waals surface area contributed by atoms with Gasteiger partial charge in [-0.3, -0.25) is 24.1 Å². The molecule has 200 valence electrons. The molecule has 1 N–H and O–H groups in total. The first-order valence-corrected chi connectivity index (χ1v) is 13.7. The predicted molar refractivity (Wildman–Crippen MR) is 138 cm³/mol. The molecule has 2 atom stereocenters. The number of benzene rings is 1. The molecule has 4 heterocycles. The van der Waals surface area contributed by atoms with Crippen molar-refractivity contribution in [3.05, 3.63) is 29.3 Å². The van der Waals surface area contributed by atoms with Gasteiger partial charge in [-0.2, -0.15) is 0 Å². The molecule has 5 rings (SSSR count). The summed E-state index contributed by atoms with van der Waals surface area (Å²) in [6.07, 6.45) is 5.18. The standard InChI is InChI=1S/C28H38N4O5/c1-28(2)17-20(11-16-37-28)32-26(35)21-8-3-9-22(24(21)27(32)36)31-14-4-7-19(18-31)25(34)29-12-6-15-30-13-5-10-23(30)33/h3,8-9,19-20H,4-7,10-18H2,1-2H3,(H,29,34). The number of hydrogen-bond acceptors (Lipinski definition) is 6. The Balaban J connectivity index is 1.23. The fourth-order valence-electron chi connectivity index (χ4n) is 6.28. The summed E-state index contributed by atoms with van der Waals surface area (Å²) in [6, 6.07) is 5.29. The summed E-state index contributed by atoms with van der Waals surface area (Å²) in [5, 5.41) is 3.04. The lowest BCUT2D eigenvalue weighted by molar-refractivity contribution is -0.127. The van der Waals surface area contributed by atoms with E-state index in [2.05, 4.69) is 10.2 Å². The van der Waals surface area contributed by atoms with Gasteiger partial charge in [-0.15, -0.1) is 0 Å². The summed E-state index contributed by atoms with van der Waals surface area (Å²) >= 11 is 0. The van der Waals surface area contributed by atoms with Crippen molar-refractivity contribution in [2.75, 3.05) is 44.2 Å². The topological polar surface area (TPSA) is 99.3 Å². The van der Waals surface area contributed by atoms with E-state index in [1.165, 1.54) is 4.90 Å². The highest BCUT2D eigenvalue weighted by molar-refractivity contribution is 6.24. The molecule has 37 heavy (non-hydrogen) atoms. The average molecular weight is 511 g/mol. The van der Waals surface area contributed by atoms with Crippen molar-refractivity contribution in [2.45, 2.75) is 70.4 Å². The second kappa shape index (κ2) is 10.4. The maximum absolute atomic E-state index is 13.6. The average Bonchev–Trinajstić information content (AvgIpc) is 3.40. The van der Waals surface area contributed by atoms with Crippen molar-refractivity contribution < 1.29 is 23.9 Å². The van der Waals surface area contributed by atoms with Gasteiger partial charge in [0.05, 0.1) is 28.3 Å². The molecular weight excluding hydrogens is 472 g/mol. The van der Waals surface area contributed by atoms with E-state index < -0.39 is 0 Å². The zero-order chi connectivity index (χ0) is 26.2. The van der Waals surface area contributed by atoms with Crippen molar-refractivity contribution >= 4 is 29.3 Å². The van der Waals surface area contributed by atoms with E-state index in [1.54, 1.807) is 6.07 Å². The molecule has 4 aliphatic heterocycles. The molecule has 3 fully saturated rings. The van der Waals surface area contributed by atoms with Crippen LogP contribution in [-0.2, 0) is 14.3 Å². The molecule has 1 aromatic carbocycles. The summed E-state index contributed by atoms with van der Waals surface area (Å²) in [4.78, 5) is 57.1. The summed E-state index contributed by atoms with van der Waals surface area (Å²) in [5.41, 5.74) is 1.29. The van der Waals surface area contributed by atoms with Crippen LogP contribution in [0.1, 0.15) is 79.5 Å². The molecule has 0 aromatic heterocycles. The van der Waals surface area contributed by atoms with Crippen molar-refractivity contribution in [1.29, 1.82) is 0 Å². The van der Waals surface area contributed by atoms with Crippen molar-refractivity contribution in [2.24, 2.45) is 5.92 Å². The van der Waals surface area contributed by atoms with E-state index in [9.17, 15) is 19.2 Å².